The van der Waals surface area contributed by atoms with E-state index in [-0.39, 0.29) is 0 Å². The molecule has 1 aromatic rings. The van der Waals surface area contributed by atoms with Gasteiger partial charge in [-0.15, -0.1) is 0 Å². The lowest BCUT2D eigenvalue weighted by atomic mass is 9.72. The van der Waals surface area contributed by atoms with E-state index < -0.39 is 0 Å². The molecule has 0 spiro atoms. The van der Waals surface area contributed by atoms with Crippen LogP contribution in [0.3, 0.4) is 0 Å². The Balaban J connectivity index is 1.29. The first-order chi connectivity index (χ1) is 14.3. The van der Waals surface area contributed by atoms with Gasteiger partial charge >= 0.3 is 0 Å². The Bertz CT molecular complexity index is 625. The molecule has 2 aliphatic carbocycles. The fourth-order valence-electron chi connectivity index (χ4n) is 5.42. The summed E-state index contributed by atoms with van der Waals surface area (Å²) in [5, 5.41) is 0. The Labute approximate surface area is 180 Å². The Morgan fingerprint density at radius 2 is 1.45 bits per heavy atom. The second-order valence-corrected chi connectivity index (χ2v) is 9.83. The molecule has 0 nitrogen and oxygen atoms in total. The van der Waals surface area contributed by atoms with Crippen LogP contribution in [0.25, 0.3) is 5.57 Å². The summed E-state index contributed by atoms with van der Waals surface area (Å²) in [6.45, 7) is 4.47. The van der Waals surface area contributed by atoms with Crippen LogP contribution in [0.15, 0.2) is 42.5 Å². The fourth-order valence-corrected chi connectivity index (χ4v) is 5.42. The molecule has 1 aromatic carbocycles. The monoisotopic (exact) mass is 392 g/mol. The Kier molecular flexibility index (Phi) is 9.58. The number of hydrogen-bond acceptors (Lipinski definition) is 0. The molecule has 0 saturated heterocycles. The van der Waals surface area contributed by atoms with Gasteiger partial charge in [0.1, 0.15) is 0 Å². The van der Waals surface area contributed by atoms with Gasteiger partial charge in [0, 0.05) is 0 Å². The highest BCUT2D eigenvalue weighted by molar-refractivity contribution is 5.75. The SMILES string of the molecule is CCCCCCCCCCC1CCC(C2C=CC(c3ccc(C)cc3)=CC2)CC1. The van der Waals surface area contributed by atoms with Crippen molar-refractivity contribution in [3.63, 3.8) is 0 Å². The normalized spacial score (nSPS) is 24.5. The smallest absolute Gasteiger partial charge is 0.0167 e. The van der Waals surface area contributed by atoms with Crippen molar-refractivity contribution in [2.75, 3.05) is 0 Å². The molecule has 3 rings (SSSR count). The lowest BCUT2D eigenvalue weighted by Crippen LogP contribution is -2.21. The van der Waals surface area contributed by atoms with E-state index >= 15 is 0 Å². The van der Waals surface area contributed by atoms with Crippen LogP contribution in [0.2, 0.25) is 0 Å². The predicted molar refractivity (Wildman–Crippen MR) is 129 cm³/mol. The van der Waals surface area contributed by atoms with E-state index in [0.29, 0.717) is 0 Å². The van der Waals surface area contributed by atoms with Crippen LogP contribution in [0, 0.1) is 24.7 Å². The fraction of sp³-hybridized carbons (Fsp3) is 0.655. The van der Waals surface area contributed by atoms with Gasteiger partial charge in [-0.3, -0.25) is 0 Å². The van der Waals surface area contributed by atoms with E-state index in [4.69, 9.17) is 0 Å². The molecule has 0 amide bonds. The number of hydrogen-bond donors (Lipinski definition) is 0. The van der Waals surface area contributed by atoms with Gasteiger partial charge in [-0.05, 0) is 55.1 Å². The van der Waals surface area contributed by atoms with Gasteiger partial charge in [-0.2, -0.15) is 0 Å². The molecule has 0 aromatic heterocycles. The molecular formula is C29H44. The van der Waals surface area contributed by atoms with Gasteiger partial charge in [0.15, 0.2) is 0 Å². The molecule has 0 heterocycles. The zero-order valence-electron chi connectivity index (χ0n) is 19.2. The summed E-state index contributed by atoms with van der Waals surface area (Å²) in [5.41, 5.74) is 4.14. The molecule has 0 heteroatoms. The van der Waals surface area contributed by atoms with Crippen LogP contribution in [-0.4, -0.2) is 0 Å². The van der Waals surface area contributed by atoms with Gasteiger partial charge in [-0.25, -0.2) is 0 Å². The molecule has 160 valence electrons. The third-order valence-corrected chi connectivity index (χ3v) is 7.48. The minimum absolute atomic E-state index is 0.785. The van der Waals surface area contributed by atoms with Crippen molar-refractivity contribution in [1.29, 1.82) is 0 Å². The summed E-state index contributed by atoms with van der Waals surface area (Å²) >= 11 is 0. The highest BCUT2D eigenvalue weighted by Gasteiger charge is 2.26. The summed E-state index contributed by atoms with van der Waals surface area (Å²) in [5.74, 6) is 2.74. The maximum Gasteiger partial charge on any atom is -0.0167 e. The highest BCUT2D eigenvalue weighted by atomic mass is 14.3. The van der Waals surface area contributed by atoms with Gasteiger partial charge in [0.25, 0.3) is 0 Å². The number of rotatable bonds is 11. The maximum atomic E-state index is 2.53. The van der Waals surface area contributed by atoms with E-state index in [2.05, 4.69) is 56.3 Å². The Morgan fingerprint density at radius 3 is 2.07 bits per heavy atom. The number of unbranched alkanes of at least 4 members (excludes halogenated alkanes) is 7. The second-order valence-electron chi connectivity index (χ2n) is 9.83. The van der Waals surface area contributed by atoms with E-state index in [1.807, 2.05) is 0 Å². The van der Waals surface area contributed by atoms with Crippen molar-refractivity contribution in [3.05, 3.63) is 53.6 Å². The summed E-state index contributed by atoms with van der Waals surface area (Å²) in [6, 6.07) is 8.98. The van der Waals surface area contributed by atoms with Crippen molar-refractivity contribution in [3.8, 4) is 0 Å². The molecule has 1 atom stereocenters. The third-order valence-electron chi connectivity index (χ3n) is 7.48. The standard InChI is InChI=1S/C29H44/c1-3-4-5-6-7-8-9-10-11-25-14-18-27(19-15-25)29-22-20-28(21-23-29)26-16-12-24(2)13-17-26/h12-13,16-17,20-22,25,27,29H,3-11,14-15,18-19,23H2,1-2H3. The van der Waals surface area contributed by atoms with Crippen molar-refractivity contribution in [1.82, 2.24) is 0 Å². The molecular weight excluding hydrogens is 348 g/mol. The minimum atomic E-state index is 0.785. The van der Waals surface area contributed by atoms with Crippen LogP contribution in [0.1, 0.15) is 108 Å². The van der Waals surface area contributed by atoms with E-state index in [0.717, 1.165) is 17.8 Å². The van der Waals surface area contributed by atoms with Gasteiger partial charge in [-0.1, -0.05) is 126 Å². The number of benzene rings is 1. The van der Waals surface area contributed by atoms with Crippen molar-refractivity contribution in [2.24, 2.45) is 17.8 Å². The topological polar surface area (TPSA) is 0 Å². The first kappa shape index (κ1) is 22.4. The van der Waals surface area contributed by atoms with Crippen molar-refractivity contribution >= 4 is 5.57 Å². The lowest BCUT2D eigenvalue weighted by Gasteiger charge is -2.33. The lowest BCUT2D eigenvalue weighted by molar-refractivity contribution is 0.218. The molecule has 1 fully saturated rings. The van der Waals surface area contributed by atoms with Crippen LogP contribution in [0.4, 0.5) is 0 Å². The summed E-state index contributed by atoms with van der Waals surface area (Å²) in [7, 11) is 0. The van der Waals surface area contributed by atoms with Crippen molar-refractivity contribution in [2.45, 2.75) is 104 Å². The molecule has 1 saturated carbocycles. The largest absolute Gasteiger partial charge is 0.0802 e. The molecule has 1 unspecified atom stereocenters. The number of aryl methyl sites for hydroxylation is 1. The second kappa shape index (κ2) is 12.4. The van der Waals surface area contributed by atoms with Crippen molar-refractivity contribution < 1.29 is 0 Å². The Morgan fingerprint density at radius 1 is 0.793 bits per heavy atom. The highest BCUT2D eigenvalue weighted by Crippen LogP contribution is 2.39. The van der Waals surface area contributed by atoms with Crippen LogP contribution in [-0.2, 0) is 0 Å². The van der Waals surface area contributed by atoms with Crippen LogP contribution >= 0.6 is 0 Å². The zero-order valence-corrected chi connectivity index (χ0v) is 19.2. The first-order valence-corrected chi connectivity index (χ1v) is 12.7. The van der Waals surface area contributed by atoms with E-state index in [1.54, 1.807) is 0 Å². The maximum absolute atomic E-state index is 2.53. The quantitative estimate of drug-likeness (QED) is 0.329. The van der Waals surface area contributed by atoms with Crippen LogP contribution in [0.5, 0.6) is 0 Å². The molecule has 0 N–H and O–H groups in total. The van der Waals surface area contributed by atoms with Gasteiger partial charge in [0.05, 0.1) is 0 Å². The summed E-state index contributed by atoms with van der Waals surface area (Å²) in [4.78, 5) is 0. The minimum Gasteiger partial charge on any atom is -0.0802 e. The molecule has 2 aliphatic rings. The van der Waals surface area contributed by atoms with Crippen LogP contribution < -0.4 is 0 Å². The molecule has 0 aliphatic heterocycles. The third kappa shape index (κ3) is 7.47. The zero-order chi connectivity index (χ0) is 20.3. The number of allylic oxidation sites excluding steroid dienone is 4. The van der Waals surface area contributed by atoms with E-state index in [1.165, 1.54) is 107 Å². The molecule has 0 radical (unpaired) electrons. The average molecular weight is 393 g/mol. The van der Waals surface area contributed by atoms with Gasteiger partial charge in [0.2, 0.25) is 0 Å². The summed E-state index contributed by atoms with van der Waals surface area (Å²) < 4.78 is 0. The Hall–Kier alpha value is -1.30. The molecule has 29 heavy (non-hydrogen) atoms. The molecule has 0 bridgehead atoms. The summed E-state index contributed by atoms with van der Waals surface area (Å²) in [6.07, 6.45) is 27.7. The average Bonchev–Trinajstić information content (AvgIpc) is 2.77. The van der Waals surface area contributed by atoms with Gasteiger partial charge < -0.3 is 0 Å². The predicted octanol–water partition coefficient (Wildman–Crippen LogP) is 9.29. The van der Waals surface area contributed by atoms with E-state index in [9.17, 15) is 0 Å². The first-order valence-electron chi connectivity index (χ1n) is 12.7.